The van der Waals surface area contributed by atoms with Crippen LogP contribution in [-0.4, -0.2) is 43.4 Å². The Morgan fingerprint density at radius 3 is 2.58 bits per heavy atom. The molecule has 2 rings (SSSR count). The van der Waals surface area contributed by atoms with E-state index in [1.807, 2.05) is 25.1 Å². The van der Waals surface area contributed by atoms with E-state index in [1.54, 1.807) is 43.4 Å². The molecular weight excluding hydrogens is 326 g/mol. The van der Waals surface area contributed by atoms with E-state index in [0.29, 0.717) is 16.4 Å². The van der Waals surface area contributed by atoms with Gasteiger partial charge in [-0.15, -0.1) is 0 Å². The van der Waals surface area contributed by atoms with E-state index in [9.17, 15) is 9.90 Å². The van der Waals surface area contributed by atoms with Crippen molar-refractivity contribution in [1.29, 1.82) is 0 Å². The van der Waals surface area contributed by atoms with Crippen LogP contribution in [-0.2, 0) is 11.4 Å². The number of hydrogen-bond acceptors (Lipinski definition) is 3. The van der Waals surface area contributed by atoms with Crippen molar-refractivity contribution < 1.29 is 9.90 Å². The molecule has 0 aliphatic heterocycles. The Morgan fingerprint density at radius 1 is 1.25 bits per heavy atom. The van der Waals surface area contributed by atoms with Crippen LogP contribution in [0.4, 0.5) is 11.4 Å². The summed E-state index contributed by atoms with van der Waals surface area (Å²) in [5.74, 6) is 0.729. The van der Waals surface area contributed by atoms with Gasteiger partial charge >= 0.3 is 0 Å². The minimum Gasteiger partial charge on any atom is -0.392 e. The molecule has 0 aliphatic carbocycles. The summed E-state index contributed by atoms with van der Waals surface area (Å²) in [5.41, 5.74) is 2.78. The molecule has 126 valence electrons. The first-order valence-corrected chi connectivity index (χ1v) is 7.78. The van der Waals surface area contributed by atoms with Crippen molar-refractivity contribution in [1.82, 2.24) is 4.90 Å². The molecule has 0 atom stereocenters. The second-order valence-electron chi connectivity index (χ2n) is 5.41. The zero-order chi connectivity index (χ0) is 17.7. The van der Waals surface area contributed by atoms with Gasteiger partial charge in [-0.25, -0.2) is 0 Å². The van der Waals surface area contributed by atoms with Crippen molar-refractivity contribution in [3.63, 3.8) is 0 Å². The van der Waals surface area contributed by atoms with Gasteiger partial charge in [0.15, 0.2) is 0 Å². The molecule has 0 unspecified atom stereocenters. The minimum absolute atomic E-state index is 0.0949. The van der Waals surface area contributed by atoms with Gasteiger partial charge in [-0.3, -0.25) is 14.7 Å². The molecular formula is C18H20ClN3O2. The standard InChI is InChI=1S/C18H20ClN3O2/c1-20-18(21(2)3)16-8-7-14(19)10-17(16)22(12-24)15-6-4-5-13(9-15)11-23/h4-10,12,23H,11H2,1-3H3. The molecule has 0 bridgehead atoms. The molecule has 0 aromatic heterocycles. The highest BCUT2D eigenvalue weighted by atomic mass is 35.5. The van der Waals surface area contributed by atoms with Gasteiger partial charge in [0.1, 0.15) is 5.84 Å². The maximum atomic E-state index is 11.8. The number of carbonyl (C=O) groups excluding carboxylic acids is 1. The third-order valence-corrected chi connectivity index (χ3v) is 3.81. The molecule has 0 radical (unpaired) electrons. The average molecular weight is 346 g/mol. The number of anilines is 2. The molecule has 0 aliphatic rings. The molecule has 5 nitrogen and oxygen atoms in total. The summed E-state index contributed by atoms with van der Waals surface area (Å²) in [5, 5.41) is 9.85. The molecule has 0 saturated heterocycles. The van der Waals surface area contributed by atoms with E-state index in [0.717, 1.165) is 23.4 Å². The highest BCUT2D eigenvalue weighted by Crippen LogP contribution is 2.31. The third-order valence-electron chi connectivity index (χ3n) is 3.57. The fourth-order valence-electron chi connectivity index (χ4n) is 2.52. The monoisotopic (exact) mass is 345 g/mol. The van der Waals surface area contributed by atoms with Gasteiger partial charge in [0.25, 0.3) is 0 Å². The summed E-state index contributed by atoms with van der Waals surface area (Å²) in [6.07, 6.45) is 0.731. The van der Waals surface area contributed by atoms with Crippen LogP contribution in [0.2, 0.25) is 5.02 Å². The van der Waals surface area contributed by atoms with Crippen molar-refractivity contribution in [2.45, 2.75) is 6.61 Å². The van der Waals surface area contributed by atoms with Crippen LogP contribution >= 0.6 is 11.6 Å². The van der Waals surface area contributed by atoms with Crippen molar-refractivity contribution in [3.05, 3.63) is 58.6 Å². The number of amidine groups is 1. The topological polar surface area (TPSA) is 56.1 Å². The van der Waals surface area contributed by atoms with Crippen LogP contribution < -0.4 is 4.90 Å². The predicted octanol–water partition coefficient (Wildman–Crippen LogP) is 3.06. The largest absolute Gasteiger partial charge is 0.392 e. The lowest BCUT2D eigenvalue weighted by Gasteiger charge is -2.24. The van der Waals surface area contributed by atoms with Crippen molar-refractivity contribution in [2.75, 3.05) is 26.0 Å². The zero-order valence-electron chi connectivity index (χ0n) is 13.9. The molecule has 0 heterocycles. The van der Waals surface area contributed by atoms with E-state index in [1.165, 1.54) is 4.90 Å². The van der Waals surface area contributed by atoms with Crippen LogP contribution in [0.3, 0.4) is 0 Å². The van der Waals surface area contributed by atoms with E-state index < -0.39 is 0 Å². The highest BCUT2D eigenvalue weighted by molar-refractivity contribution is 6.31. The Hall–Kier alpha value is -2.37. The van der Waals surface area contributed by atoms with Crippen molar-refractivity contribution in [2.24, 2.45) is 4.99 Å². The Morgan fingerprint density at radius 2 is 2.00 bits per heavy atom. The number of carbonyl (C=O) groups is 1. The molecule has 24 heavy (non-hydrogen) atoms. The Balaban J connectivity index is 2.63. The Labute approximate surface area is 146 Å². The second kappa shape index (κ2) is 7.95. The number of rotatable bonds is 5. The van der Waals surface area contributed by atoms with Crippen LogP contribution in [0.25, 0.3) is 0 Å². The number of aliphatic hydroxyl groups excluding tert-OH is 1. The van der Waals surface area contributed by atoms with Crippen molar-refractivity contribution in [3.8, 4) is 0 Å². The summed E-state index contributed by atoms with van der Waals surface area (Å²) in [6, 6.07) is 12.5. The summed E-state index contributed by atoms with van der Waals surface area (Å²) < 4.78 is 0. The molecule has 1 amide bonds. The number of nitrogens with zero attached hydrogens (tertiary/aromatic N) is 3. The molecule has 1 N–H and O–H groups in total. The lowest BCUT2D eigenvalue weighted by molar-refractivity contribution is -0.106. The zero-order valence-corrected chi connectivity index (χ0v) is 14.7. The maximum absolute atomic E-state index is 11.8. The van der Waals surface area contributed by atoms with Gasteiger partial charge in [-0.05, 0) is 35.9 Å². The first-order valence-electron chi connectivity index (χ1n) is 7.40. The minimum atomic E-state index is -0.0949. The number of benzene rings is 2. The number of hydrogen-bond donors (Lipinski definition) is 1. The smallest absolute Gasteiger partial charge is 0.218 e. The van der Waals surface area contributed by atoms with Gasteiger partial charge in [0, 0.05) is 37.4 Å². The van der Waals surface area contributed by atoms with E-state index >= 15 is 0 Å². The normalized spacial score (nSPS) is 11.3. The molecule has 2 aromatic rings. The summed E-state index contributed by atoms with van der Waals surface area (Å²) in [6.45, 7) is -0.0949. The van der Waals surface area contributed by atoms with Gasteiger partial charge < -0.3 is 10.0 Å². The average Bonchev–Trinajstić information content (AvgIpc) is 2.58. The van der Waals surface area contributed by atoms with Crippen LogP contribution in [0.1, 0.15) is 11.1 Å². The molecule has 6 heteroatoms. The van der Waals surface area contributed by atoms with Gasteiger partial charge in [0.05, 0.1) is 12.3 Å². The van der Waals surface area contributed by atoms with Crippen LogP contribution in [0.15, 0.2) is 47.5 Å². The van der Waals surface area contributed by atoms with E-state index in [4.69, 9.17) is 11.6 Å². The maximum Gasteiger partial charge on any atom is 0.218 e. The molecule has 0 saturated carbocycles. The van der Waals surface area contributed by atoms with Gasteiger partial charge in [-0.2, -0.15) is 0 Å². The summed E-state index contributed by atoms with van der Waals surface area (Å²) in [7, 11) is 5.47. The predicted molar refractivity (Wildman–Crippen MR) is 98.2 cm³/mol. The number of amides is 1. The van der Waals surface area contributed by atoms with Gasteiger partial charge in [0.2, 0.25) is 6.41 Å². The molecule has 0 fully saturated rings. The fraction of sp³-hybridized carbons (Fsp3) is 0.222. The Bertz CT molecular complexity index is 760. The number of aliphatic imine (C=N–C) groups is 1. The quantitative estimate of drug-likeness (QED) is 0.515. The van der Waals surface area contributed by atoms with Crippen LogP contribution in [0.5, 0.6) is 0 Å². The first-order chi connectivity index (χ1) is 11.5. The SMILES string of the molecule is CN=C(c1ccc(Cl)cc1N(C=O)c1cccc(CO)c1)N(C)C. The summed E-state index contributed by atoms with van der Waals surface area (Å²) >= 11 is 6.16. The Kier molecular flexibility index (Phi) is 5.95. The highest BCUT2D eigenvalue weighted by Gasteiger charge is 2.18. The van der Waals surface area contributed by atoms with Crippen LogP contribution in [0, 0.1) is 0 Å². The van der Waals surface area contributed by atoms with Crippen molar-refractivity contribution >= 4 is 35.2 Å². The first kappa shape index (κ1) is 18.0. The third kappa shape index (κ3) is 3.75. The molecule has 0 spiro atoms. The van der Waals surface area contributed by atoms with Gasteiger partial charge in [-0.1, -0.05) is 23.7 Å². The summed E-state index contributed by atoms with van der Waals surface area (Å²) in [4.78, 5) is 19.5. The lowest BCUT2D eigenvalue weighted by atomic mass is 10.1. The lowest BCUT2D eigenvalue weighted by Crippen LogP contribution is -2.26. The fourth-order valence-corrected chi connectivity index (χ4v) is 2.68. The molecule has 2 aromatic carbocycles. The number of halogens is 1. The van der Waals surface area contributed by atoms with E-state index in [2.05, 4.69) is 4.99 Å². The van der Waals surface area contributed by atoms with E-state index in [-0.39, 0.29) is 6.61 Å². The second-order valence-corrected chi connectivity index (χ2v) is 5.84. The number of aliphatic hydroxyl groups is 1.